The van der Waals surface area contributed by atoms with Crippen LogP contribution in [0.2, 0.25) is 0 Å². The minimum absolute atomic E-state index is 0.000758. The highest BCUT2D eigenvalue weighted by Gasteiger charge is 2.15. The van der Waals surface area contributed by atoms with Gasteiger partial charge in [0, 0.05) is 30.9 Å². The Hall–Kier alpha value is -2.69. The van der Waals surface area contributed by atoms with E-state index in [1.807, 2.05) is 30.3 Å². The van der Waals surface area contributed by atoms with E-state index in [9.17, 15) is 4.79 Å². The lowest BCUT2D eigenvalue weighted by atomic mass is 9.99. The molecule has 1 amide bonds. The maximum atomic E-state index is 12.1. The molecule has 3 N–H and O–H groups in total. The van der Waals surface area contributed by atoms with Gasteiger partial charge in [-0.15, -0.1) is 0 Å². The summed E-state index contributed by atoms with van der Waals surface area (Å²) in [4.78, 5) is 14.5. The smallest absolute Gasteiger partial charge is 0.224 e. The van der Waals surface area contributed by atoms with Crippen LogP contribution < -0.4 is 20.7 Å². The summed E-state index contributed by atoms with van der Waals surface area (Å²) in [7, 11) is 0. The molecule has 0 spiro atoms. The van der Waals surface area contributed by atoms with E-state index in [1.165, 1.54) is 18.5 Å². The summed E-state index contributed by atoms with van der Waals surface area (Å²) >= 11 is 0. The summed E-state index contributed by atoms with van der Waals surface area (Å²) in [5.74, 6) is 1.49. The molecular formula is C22H29N3O2. The van der Waals surface area contributed by atoms with E-state index in [0.717, 1.165) is 24.7 Å². The molecule has 1 aliphatic heterocycles. The first-order chi connectivity index (χ1) is 13.1. The molecule has 5 heteroatoms. The van der Waals surface area contributed by atoms with Crippen molar-refractivity contribution < 1.29 is 9.53 Å². The van der Waals surface area contributed by atoms with Crippen LogP contribution in [0.1, 0.15) is 32.6 Å². The lowest BCUT2D eigenvalue weighted by Crippen LogP contribution is -2.32. The first-order valence-electron chi connectivity index (χ1n) is 9.74. The molecule has 0 radical (unpaired) electrons. The van der Waals surface area contributed by atoms with Gasteiger partial charge in [-0.2, -0.15) is 0 Å². The van der Waals surface area contributed by atoms with E-state index < -0.39 is 0 Å². The van der Waals surface area contributed by atoms with Crippen molar-refractivity contribution in [2.75, 3.05) is 35.6 Å². The van der Waals surface area contributed by atoms with Gasteiger partial charge in [0.15, 0.2) is 0 Å². The number of nitrogens with two attached hydrogens (primary N) is 1. The van der Waals surface area contributed by atoms with E-state index in [1.54, 1.807) is 6.07 Å². The lowest BCUT2D eigenvalue weighted by molar-refractivity contribution is -0.116. The standard InChI is InChI=1S/C22H29N3O2/c1-17-12-14-25(15-13-17)19-10-8-18(9-11-19)24-22(26)7-4-16-27-21-6-3-2-5-20(21)23/h2-3,5-6,8-11,17H,4,7,12-16,23H2,1H3,(H,24,26). The van der Waals surface area contributed by atoms with Gasteiger partial charge in [-0.1, -0.05) is 19.1 Å². The van der Waals surface area contributed by atoms with E-state index >= 15 is 0 Å². The van der Waals surface area contributed by atoms with Gasteiger partial charge < -0.3 is 20.7 Å². The molecule has 3 rings (SSSR count). The molecule has 0 aromatic heterocycles. The quantitative estimate of drug-likeness (QED) is 0.565. The zero-order valence-corrected chi connectivity index (χ0v) is 16.0. The van der Waals surface area contributed by atoms with Crippen molar-refractivity contribution in [3.05, 3.63) is 48.5 Å². The second kappa shape index (κ2) is 9.31. The van der Waals surface area contributed by atoms with Gasteiger partial charge in [0.2, 0.25) is 5.91 Å². The number of carbonyl (C=O) groups excluding carboxylic acids is 1. The minimum Gasteiger partial charge on any atom is -0.491 e. The molecule has 1 fully saturated rings. The number of carbonyl (C=O) groups is 1. The summed E-state index contributed by atoms with van der Waals surface area (Å²) in [6.07, 6.45) is 3.55. The highest BCUT2D eigenvalue weighted by Crippen LogP contribution is 2.24. The fourth-order valence-corrected chi connectivity index (χ4v) is 3.27. The third kappa shape index (κ3) is 5.64. The molecule has 0 aliphatic carbocycles. The molecule has 0 bridgehead atoms. The zero-order chi connectivity index (χ0) is 19.1. The number of ether oxygens (including phenoxy) is 1. The predicted molar refractivity (Wildman–Crippen MR) is 111 cm³/mol. The molecule has 1 heterocycles. The Kier molecular flexibility index (Phi) is 6.58. The summed E-state index contributed by atoms with van der Waals surface area (Å²) in [5, 5.41) is 2.95. The van der Waals surface area contributed by atoms with Crippen LogP contribution in [0.25, 0.3) is 0 Å². The predicted octanol–water partition coefficient (Wildman–Crippen LogP) is 4.30. The minimum atomic E-state index is -0.000758. The molecule has 0 atom stereocenters. The normalized spacial score (nSPS) is 14.8. The number of rotatable bonds is 7. The number of nitrogens with zero attached hydrogens (tertiary/aromatic N) is 1. The Morgan fingerprint density at radius 2 is 1.85 bits per heavy atom. The van der Waals surface area contributed by atoms with Gasteiger partial charge in [0.05, 0.1) is 12.3 Å². The number of piperidine rings is 1. The van der Waals surface area contributed by atoms with Crippen LogP contribution in [-0.4, -0.2) is 25.6 Å². The molecule has 0 saturated carbocycles. The number of hydrogen-bond donors (Lipinski definition) is 2. The third-order valence-corrected chi connectivity index (χ3v) is 5.02. The zero-order valence-electron chi connectivity index (χ0n) is 16.0. The van der Waals surface area contributed by atoms with Crippen LogP contribution in [-0.2, 0) is 4.79 Å². The second-order valence-corrected chi connectivity index (χ2v) is 7.25. The van der Waals surface area contributed by atoms with Crippen LogP contribution in [0, 0.1) is 5.92 Å². The number of hydrogen-bond acceptors (Lipinski definition) is 4. The summed E-state index contributed by atoms with van der Waals surface area (Å²) in [6, 6.07) is 15.5. The van der Waals surface area contributed by atoms with Gasteiger partial charge in [-0.05, 0) is 61.6 Å². The number of benzene rings is 2. The molecule has 1 aliphatic rings. The average molecular weight is 367 g/mol. The van der Waals surface area contributed by atoms with Crippen LogP contribution >= 0.6 is 0 Å². The maximum Gasteiger partial charge on any atom is 0.224 e. The van der Waals surface area contributed by atoms with Crippen LogP contribution in [0.15, 0.2) is 48.5 Å². The molecule has 144 valence electrons. The van der Waals surface area contributed by atoms with Gasteiger partial charge in [0.25, 0.3) is 0 Å². The van der Waals surface area contributed by atoms with E-state index in [2.05, 4.69) is 29.3 Å². The second-order valence-electron chi connectivity index (χ2n) is 7.25. The summed E-state index contributed by atoms with van der Waals surface area (Å²) in [6.45, 7) is 5.00. The number of anilines is 3. The Bertz CT molecular complexity index is 737. The molecule has 2 aromatic carbocycles. The molecule has 2 aromatic rings. The van der Waals surface area contributed by atoms with Crippen molar-refractivity contribution in [1.82, 2.24) is 0 Å². The molecule has 0 unspecified atom stereocenters. The number of para-hydroxylation sites is 2. The highest BCUT2D eigenvalue weighted by molar-refractivity contribution is 5.90. The SMILES string of the molecule is CC1CCN(c2ccc(NC(=O)CCCOc3ccccc3N)cc2)CC1. The summed E-state index contributed by atoms with van der Waals surface area (Å²) < 4.78 is 5.62. The maximum absolute atomic E-state index is 12.1. The van der Waals surface area contributed by atoms with Gasteiger partial charge in [0.1, 0.15) is 5.75 Å². The largest absolute Gasteiger partial charge is 0.491 e. The fourth-order valence-electron chi connectivity index (χ4n) is 3.27. The Labute approximate surface area is 161 Å². The molecule has 27 heavy (non-hydrogen) atoms. The van der Waals surface area contributed by atoms with Crippen molar-refractivity contribution in [2.24, 2.45) is 5.92 Å². The van der Waals surface area contributed by atoms with Gasteiger partial charge >= 0.3 is 0 Å². The Morgan fingerprint density at radius 1 is 1.15 bits per heavy atom. The Balaban J connectivity index is 1.39. The topological polar surface area (TPSA) is 67.6 Å². The average Bonchev–Trinajstić information content (AvgIpc) is 2.68. The van der Waals surface area contributed by atoms with Crippen LogP contribution in [0.4, 0.5) is 17.1 Å². The van der Waals surface area contributed by atoms with Crippen molar-refractivity contribution in [3.8, 4) is 5.75 Å². The molecule has 5 nitrogen and oxygen atoms in total. The first kappa shape index (κ1) is 19.1. The number of nitrogens with one attached hydrogen (secondary N) is 1. The van der Waals surface area contributed by atoms with Crippen molar-refractivity contribution >= 4 is 23.0 Å². The number of nitrogen functional groups attached to an aromatic ring is 1. The Morgan fingerprint density at radius 3 is 2.56 bits per heavy atom. The van der Waals surface area contributed by atoms with Crippen LogP contribution in [0.5, 0.6) is 5.75 Å². The first-order valence-corrected chi connectivity index (χ1v) is 9.74. The van der Waals surface area contributed by atoms with Gasteiger partial charge in [-0.25, -0.2) is 0 Å². The highest BCUT2D eigenvalue weighted by atomic mass is 16.5. The lowest BCUT2D eigenvalue weighted by Gasteiger charge is -2.32. The van der Waals surface area contributed by atoms with Gasteiger partial charge in [-0.3, -0.25) is 4.79 Å². The van der Waals surface area contributed by atoms with Crippen molar-refractivity contribution in [1.29, 1.82) is 0 Å². The van der Waals surface area contributed by atoms with Crippen LogP contribution in [0.3, 0.4) is 0 Å². The van der Waals surface area contributed by atoms with E-state index in [-0.39, 0.29) is 5.91 Å². The van der Waals surface area contributed by atoms with Crippen molar-refractivity contribution in [3.63, 3.8) is 0 Å². The molecular weight excluding hydrogens is 338 g/mol. The molecule has 1 saturated heterocycles. The van der Waals surface area contributed by atoms with E-state index in [4.69, 9.17) is 10.5 Å². The summed E-state index contributed by atoms with van der Waals surface area (Å²) in [5.41, 5.74) is 8.51. The third-order valence-electron chi connectivity index (χ3n) is 5.02. The fraction of sp³-hybridized carbons (Fsp3) is 0.409. The van der Waals surface area contributed by atoms with E-state index in [0.29, 0.717) is 30.9 Å². The number of amides is 1. The van der Waals surface area contributed by atoms with Crippen molar-refractivity contribution in [2.45, 2.75) is 32.6 Å². The monoisotopic (exact) mass is 367 g/mol.